The number of aliphatic carboxylic acids is 1. The molecule has 3 amide bonds. The molecule has 1 rings (SSSR count). The van der Waals surface area contributed by atoms with Crippen LogP contribution in [0.25, 0.3) is 0 Å². The van der Waals surface area contributed by atoms with E-state index in [0.29, 0.717) is 13.2 Å². The number of urea groups is 1. The highest BCUT2D eigenvalue weighted by Gasteiger charge is 2.33. The van der Waals surface area contributed by atoms with Gasteiger partial charge in [0.2, 0.25) is 5.91 Å². The highest BCUT2D eigenvalue weighted by Crippen LogP contribution is 2.09. The molecule has 0 aromatic rings. The minimum Gasteiger partial charge on any atom is -0.481 e. The van der Waals surface area contributed by atoms with Gasteiger partial charge in [0, 0.05) is 18.6 Å². The third-order valence-corrected chi connectivity index (χ3v) is 2.97. The summed E-state index contributed by atoms with van der Waals surface area (Å²) in [4.78, 5) is 36.3. The third kappa shape index (κ3) is 5.58. The SMILES string of the molecule is CC(C)NC(=O)C1COCCN1C(=O)NC(C)CC(=O)O. The van der Waals surface area contributed by atoms with Crippen LogP contribution in [0.3, 0.4) is 0 Å². The molecule has 8 heteroatoms. The van der Waals surface area contributed by atoms with Crippen molar-refractivity contribution in [2.45, 2.75) is 45.3 Å². The van der Waals surface area contributed by atoms with E-state index in [0.717, 1.165) is 0 Å². The Morgan fingerprint density at radius 1 is 1.29 bits per heavy atom. The second-order valence-corrected chi connectivity index (χ2v) is 5.40. The van der Waals surface area contributed by atoms with Crippen molar-refractivity contribution in [2.75, 3.05) is 19.8 Å². The molecule has 1 heterocycles. The number of carboxylic acid groups (broad SMARTS) is 1. The molecule has 0 saturated carbocycles. The van der Waals surface area contributed by atoms with Crippen molar-refractivity contribution in [3.8, 4) is 0 Å². The number of carbonyl (C=O) groups is 3. The number of hydrogen-bond donors (Lipinski definition) is 3. The highest BCUT2D eigenvalue weighted by atomic mass is 16.5. The van der Waals surface area contributed by atoms with Gasteiger partial charge in [-0.05, 0) is 20.8 Å². The molecule has 0 aromatic heterocycles. The molecule has 0 radical (unpaired) electrons. The van der Waals surface area contributed by atoms with E-state index in [9.17, 15) is 14.4 Å². The van der Waals surface area contributed by atoms with Gasteiger partial charge < -0.3 is 25.4 Å². The van der Waals surface area contributed by atoms with Crippen LogP contribution in [-0.4, -0.2) is 65.8 Å². The number of amides is 3. The van der Waals surface area contributed by atoms with E-state index in [1.54, 1.807) is 6.92 Å². The van der Waals surface area contributed by atoms with Gasteiger partial charge in [-0.25, -0.2) is 4.79 Å². The first kappa shape index (κ1) is 17.2. The summed E-state index contributed by atoms with van der Waals surface area (Å²) in [6.07, 6.45) is -0.168. The molecule has 1 fully saturated rings. The number of morpholine rings is 1. The van der Waals surface area contributed by atoms with E-state index in [-0.39, 0.29) is 25.0 Å². The Bertz CT molecular complexity index is 399. The summed E-state index contributed by atoms with van der Waals surface area (Å²) in [6, 6.07) is -1.68. The van der Waals surface area contributed by atoms with E-state index in [2.05, 4.69) is 10.6 Å². The lowest BCUT2D eigenvalue weighted by atomic mass is 10.2. The van der Waals surface area contributed by atoms with Crippen molar-refractivity contribution in [2.24, 2.45) is 0 Å². The molecule has 3 N–H and O–H groups in total. The molecule has 1 aliphatic heterocycles. The normalized spacial score (nSPS) is 20.0. The molecule has 21 heavy (non-hydrogen) atoms. The van der Waals surface area contributed by atoms with Crippen LogP contribution in [0.5, 0.6) is 0 Å². The zero-order chi connectivity index (χ0) is 16.0. The van der Waals surface area contributed by atoms with Crippen molar-refractivity contribution in [3.63, 3.8) is 0 Å². The first-order valence-corrected chi connectivity index (χ1v) is 6.98. The summed E-state index contributed by atoms with van der Waals surface area (Å²) >= 11 is 0. The average molecular weight is 301 g/mol. The summed E-state index contributed by atoms with van der Waals surface area (Å²) in [5.41, 5.74) is 0. The maximum absolute atomic E-state index is 12.2. The third-order valence-electron chi connectivity index (χ3n) is 2.97. The molecule has 0 spiro atoms. The smallest absolute Gasteiger partial charge is 0.318 e. The first-order chi connectivity index (χ1) is 9.81. The molecule has 2 atom stereocenters. The van der Waals surface area contributed by atoms with E-state index < -0.39 is 24.1 Å². The van der Waals surface area contributed by atoms with Gasteiger partial charge in [-0.2, -0.15) is 0 Å². The monoisotopic (exact) mass is 301 g/mol. The van der Waals surface area contributed by atoms with Crippen molar-refractivity contribution in [1.82, 2.24) is 15.5 Å². The zero-order valence-electron chi connectivity index (χ0n) is 12.6. The van der Waals surface area contributed by atoms with Gasteiger partial charge in [0.15, 0.2) is 0 Å². The topological polar surface area (TPSA) is 108 Å². The van der Waals surface area contributed by atoms with Gasteiger partial charge >= 0.3 is 12.0 Å². The van der Waals surface area contributed by atoms with Crippen LogP contribution >= 0.6 is 0 Å². The van der Waals surface area contributed by atoms with Gasteiger partial charge in [-0.3, -0.25) is 9.59 Å². The molecule has 0 aromatic carbocycles. The molecule has 1 saturated heterocycles. The number of ether oxygens (including phenoxy) is 1. The highest BCUT2D eigenvalue weighted by molar-refractivity contribution is 5.87. The zero-order valence-corrected chi connectivity index (χ0v) is 12.6. The van der Waals surface area contributed by atoms with E-state index in [1.807, 2.05) is 13.8 Å². The van der Waals surface area contributed by atoms with Gasteiger partial charge in [0.05, 0.1) is 19.6 Å². The molecular formula is C13H23N3O5. The number of nitrogens with zero attached hydrogens (tertiary/aromatic N) is 1. The van der Waals surface area contributed by atoms with Crippen molar-refractivity contribution < 1.29 is 24.2 Å². The van der Waals surface area contributed by atoms with Gasteiger partial charge in [-0.15, -0.1) is 0 Å². The molecule has 0 bridgehead atoms. The minimum atomic E-state index is -0.987. The van der Waals surface area contributed by atoms with Crippen LogP contribution < -0.4 is 10.6 Å². The second kappa shape index (κ2) is 7.82. The Hall–Kier alpha value is -1.83. The lowest BCUT2D eigenvalue weighted by Gasteiger charge is -2.35. The number of carbonyl (C=O) groups excluding carboxylic acids is 2. The van der Waals surface area contributed by atoms with Crippen molar-refractivity contribution >= 4 is 17.9 Å². The standard InChI is InChI=1S/C13H23N3O5/c1-8(2)14-12(19)10-7-21-5-4-16(10)13(20)15-9(3)6-11(17)18/h8-10H,4-7H2,1-3H3,(H,14,19)(H,15,20)(H,17,18). The molecule has 2 unspecified atom stereocenters. The largest absolute Gasteiger partial charge is 0.481 e. The maximum atomic E-state index is 12.2. The number of hydrogen-bond acceptors (Lipinski definition) is 4. The summed E-state index contributed by atoms with van der Waals surface area (Å²) < 4.78 is 5.26. The Morgan fingerprint density at radius 2 is 1.95 bits per heavy atom. The molecular weight excluding hydrogens is 278 g/mol. The maximum Gasteiger partial charge on any atom is 0.318 e. The van der Waals surface area contributed by atoms with Gasteiger partial charge in [0.25, 0.3) is 0 Å². The minimum absolute atomic E-state index is 0.0322. The second-order valence-electron chi connectivity index (χ2n) is 5.40. The van der Waals surface area contributed by atoms with Crippen LogP contribution in [0.1, 0.15) is 27.2 Å². The lowest BCUT2D eigenvalue weighted by molar-refractivity contribution is -0.137. The Balaban J connectivity index is 2.65. The van der Waals surface area contributed by atoms with Crippen LogP contribution in [-0.2, 0) is 14.3 Å². The lowest BCUT2D eigenvalue weighted by Crippen LogP contribution is -2.59. The summed E-state index contributed by atoms with van der Waals surface area (Å²) in [7, 11) is 0. The van der Waals surface area contributed by atoms with Crippen LogP contribution in [0.2, 0.25) is 0 Å². The molecule has 0 aliphatic carbocycles. The fourth-order valence-electron chi connectivity index (χ4n) is 2.05. The summed E-state index contributed by atoms with van der Waals surface area (Å²) in [5, 5.41) is 14.0. The number of rotatable bonds is 5. The molecule has 120 valence electrons. The quantitative estimate of drug-likeness (QED) is 0.651. The van der Waals surface area contributed by atoms with Gasteiger partial charge in [0.1, 0.15) is 6.04 Å². The van der Waals surface area contributed by atoms with Crippen LogP contribution in [0.4, 0.5) is 4.79 Å². The van der Waals surface area contributed by atoms with Crippen LogP contribution in [0.15, 0.2) is 0 Å². The predicted molar refractivity (Wildman–Crippen MR) is 74.8 cm³/mol. The fourth-order valence-corrected chi connectivity index (χ4v) is 2.05. The van der Waals surface area contributed by atoms with Crippen molar-refractivity contribution in [3.05, 3.63) is 0 Å². The number of nitrogens with one attached hydrogen (secondary N) is 2. The Labute approximate surface area is 123 Å². The average Bonchev–Trinajstić information content (AvgIpc) is 2.36. The summed E-state index contributed by atoms with van der Waals surface area (Å²) in [5.74, 6) is -1.26. The first-order valence-electron chi connectivity index (χ1n) is 6.98. The molecule has 8 nitrogen and oxygen atoms in total. The van der Waals surface area contributed by atoms with E-state index >= 15 is 0 Å². The van der Waals surface area contributed by atoms with Crippen LogP contribution in [0, 0.1) is 0 Å². The molecule has 1 aliphatic rings. The summed E-state index contributed by atoms with van der Waals surface area (Å²) in [6.45, 7) is 6.06. The fraction of sp³-hybridized carbons (Fsp3) is 0.769. The predicted octanol–water partition coefficient (Wildman–Crippen LogP) is -0.215. The van der Waals surface area contributed by atoms with Crippen molar-refractivity contribution in [1.29, 1.82) is 0 Å². The Morgan fingerprint density at radius 3 is 2.52 bits per heavy atom. The van der Waals surface area contributed by atoms with E-state index in [4.69, 9.17) is 9.84 Å². The Kier molecular flexibility index (Phi) is 6.41. The van der Waals surface area contributed by atoms with Gasteiger partial charge in [-0.1, -0.05) is 0 Å². The van der Waals surface area contributed by atoms with E-state index in [1.165, 1.54) is 4.90 Å². The number of carboxylic acids is 1.